The number of anilines is 1. The Kier molecular flexibility index (Phi) is 5.70. The molecular formula is C16H19N3O3S. The van der Waals surface area contributed by atoms with E-state index in [2.05, 4.69) is 15.6 Å². The Bertz CT molecular complexity index is 682. The van der Waals surface area contributed by atoms with Gasteiger partial charge in [-0.3, -0.25) is 9.59 Å². The second-order valence-corrected chi connectivity index (χ2v) is 5.93. The van der Waals surface area contributed by atoms with E-state index in [9.17, 15) is 9.59 Å². The molecule has 2 amide bonds. The number of aryl methyl sites for hydroxylation is 1. The van der Waals surface area contributed by atoms with Gasteiger partial charge < -0.3 is 15.4 Å². The van der Waals surface area contributed by atoms with Crippen LogP contribution in [0.15, 0.2) is 29.6 Å². The Balaban J connectivity index is 2.07. The van der Waals surface area contributed by atoms with Crippen LogP contribution in [0.4, 0.5) is 5.13 Å². The number of benzene rings is 1. The molecule has 1 aromatic carbocycles. The highest BCUT2D eigenvalue weighted by molar-refractivity contribution is 7.13. The molecule has 2 N–H and O–H groups in total. The molecule has 0 aliphatic rings. The summed E-state index contributed by atoms with van der Waals surface area (Å²) < 4.78 is 5.12. The van der Waals surface area contributed by atoms with Gasteiger partial charge in [0.2, 0.25) is 11.8 Å². The molecule has 0 unspecified atom stereocenters. The zero-order valence-electron chi connectivity index (χ0n) is 13.3. The number of nitrogens with one attached hydrogen (secondary N) is 2. The normalized spacial score (nSPS) is 11.6. The Morgan fingerprint density at radius 2 is 2.00 bits per heavy atom. The van der Waals surface area contributed by atoms with E-state index < -0.39 is 6.04 Å². The minimum absolute atomic E-state index is 0.130. The smallest absolute Gasteiger partial charge is 0.228 e. The van der Waals surface area contributed by atoms with Crippen LogP contribution >= 0.6 is 11.3 Å². The molecule has 0 fully saturated rings. The molecule has 2 aromatic rings. The largest absolute Gasteiger partial charge is 0.497 e. The standard InChI is InChI=1S/C16H19N3O3S/c1-10-9-23-16(17-10)19-15(21)8-14(18-11(2)20)12-4-6-13(22-3)7-5-12/h4-7,9,14H,8H2,1-3H3,(H,18,20)(H,17,19,21)/t14-/m1/s1. The van der Waals surface area contributed by atoms with Crippen LogP contribution in [0.25, 0.3) is 0 Å². The lowest BCUT2D eigenvalue weighted by molar-refractivity contribution is -0.120. The van der Waals surface area contributed by atoms with E-state index in [4.69, 9.17) is 4.74 Å². The number of hydrogen-bond donors (Lipinski definition) is 2. The molecule has 23 heavy (non-hydrogen) atoms. The van der Waals surface area contributed by atoms with Crippen molar-refractivity contribution < 1.29 is 14.3 Å². The lowest BCUT2D eigenvalue weighted by Gasteiger charge is -2.18. The van der Waals surface area contributed by atoms with Crippen molar-refractivity contribution >= 4 is 28.3 Å². The summed E-state index contributed by atoms with van der Waals surface area (Å²) in [6, 6.07) is 6.86. The number of nitrogens with zero attached hydrogens (tertiary/aromatic N) is 1. The molecule has 1 heterocycles. The molecule has 2 rings (SSSR count). The van der Waals surface area contributed by atoms with Crippen LogP contribution in [0, 0.1) is 6.92 Å². The first-order valence-corrected chi connectivity index (χ1v) is 7.99. The zero-order chi connectivity index (χ0) is 16.8. The number of amides is 2. The summed E-state index contributed by atoms with van der Waals surface area (Å²) in [7, 11) is 1.59. The van der Waals surface area contributed by atoms with Crippen molar-refractivity contribution in [2.75, 3.05) is 12.4 Å². The van der Waals surface area contributed by atoms with Crippen LogP contribution in [0.1, 0.15) is 30.6 Å². The molecule has 1 aromatic heterocycles. The second kappa shape index (κ2) is 7.73. The fourth-order valence-corrected chi connectivity index (χ4v) is 2.81. The van der Waals surface area contributed by atoms with E-state index in [1.165, 1.54) is 18.3 Å². The van der Waals surface area contributed by atoms with Crippen LogP contribution in [-0.4, -0.2) is 23.9 Å². The Morgan fingerprint density at radius 1 is 1.30 bits per heavy atom. The van der Waals surface area contributed by atoms with E-state index >= 15 is 0 Å². The van der Waals surface area contributed by atoms with Crippen LogP contribution in [-0.2, 0) is 9.59 Å². The van der Waals surface area contributed by atoms with Crippen molar-refractivity contribution in [2.24, 2.45) is 0 Å². The number of hydrogen-bond acceptors (Lipinski definition) is 5. The molecule has 1 atom stereocenters. The summed E-state index contributed by atoms with van der Waals surface area (Å²) in [6.07, 6.45) is 0.130. The summed E-state index contributed by atoms with van der Waals surface area (Å²) in [6.45, 7) is 3.29. The summed E-state index contributed by atoms with van der Waals surface area (Å²) >= 11 is 1.37. The van der Waals surface area contributed by atoms with Gasteiger partial charge in [0, 0.05) is 12.3 Å². The maximum atomic E-state index is 12.2. The first-order valence-electron chi connectivity index (χ1n) is 7.11. The average Bonchev–Trinajstić information content (AvgIpc) is 2.91. The van der Waals surface area contributed by atoms with Crippen LogP contribution in [0.3, 0.4) is 0 Å². The van der Waals surface area contributed by atoms with E-state index in [0.717, 1.165) is 17.0 Å². The molecule has 0 radical (unpaired) electrons. The summed E-state index contributed by atoms with van der Waals surface area (Å²) in [5.41, 5.74) is 1.70. The van der Waals surface area contributed by atoms with E-state index in [-0.39, 0.29) is 18.2 Å². The van der Waals surface area contributed by atoms with Crippen LogP contribution < -0.4 is 15.4 Å². The van der Waals surface area contributed by atoms with Crippen molar-refractivity contribution in [1.29, 1.82) is 0 Å². The van der Waals surface area contributed by atoms with Gasteiger partial charge in [0.25, 0.3) is 0 Å². The Labute approximate surface area is 138 Å². The predicted molar refractivity (Wildman–Crippen MR) is 89.6 cm³/mol. The third-order valence-corrected chi connectivity index (χ3v) is 4.03. The lowest BCUT2D eigenvalue weighted by atomic mass is 10.0. The minimum Gasteiger partial charge on any atom is -0.497 e. The quantitative estimate of drug-likeness (QED) is 0.852. The number of methoxy groups -OCH3 is 1. The van der Waals surface area contributed by atoms with Crippen molar-refractivity contribution in [1.82, 2.24) is 10.3 Å². The average molecular weight is 333 g/mol. The van der Waals surface area contributed by atoms with Crippen molar-refractivity contribution in [3.8, 4) is 5.75 Å². The molecule has 122 valence electrons. The van der Waals surface area contributed by atoms with Gasteiger partial charge in [-0.15, -0.1) is 11.3 Å². The molecule has 0 saturated carbocycles. The SMILES string of the molecule is COc1ccc([C@@H](CC(=O)Nc2nc(C)cs2)NC(C)=O)cc1. The molecular weight excluding hydrogens is 314 g/mol. The number of carbonyl (C=O) groups excluding carboxylic acids is 2. The first-order chi connectivity index (χ1) is 11.0. The lowest BCUT2D eigenvalue weighted by Crippen LogP contribution is -2.29. The van der Waals surface area contributed by atoms with Gasteiger partial charge in [0.05, 0.1) is 25.3 Å². The van der Waals surface area contributed by atoms with Crippen LogP contribution in [0.2, 0.25) is 0 Å². The van der Waals surface area contributed by atoms with E-state index in [1.807, 2.05) is 24.4 Å². The third-order valence-electron chi connectivity index (χ3n) is 3.15. The first kappa shape index (κ1) is 17.0. The predicted octanol–water partition coefficient (Wildman–Crippen LogP) is 2.67. The molecule has 7 heteroatoms. The molecule has 6 nitrogen and oxygen atoms in total. The number of carbonyl (C=O) groups is 2. The Morgan fingerprint density at radius 3 is 2.52 bits per heavy atom. The van der Waals surface area contributed by atoms with Crippen molar-refractivity contribution in [3.63, 3.8) is 0 Å². The number of aromatic nitrogens is 1. The van der Waals surface area contributed by atoms with E-state index in [0.29, 0.717) is 5.13 Å². The van der Waals surface area contributed by atoms with Crippen molar-refractivity contribution in [2.45, 2.75) is 26.3 Å². The maximum Gasteiger partial charge on any atom is 0.228 e. The Hall–Kier alpha value is -2.41. The molecule has 0 spiro atoms. The monoisotopic (exact) mass is 333 g/mol. The van der Waals surface area contributed by atoms with Crippen molar-refractivity contribution in [3.05, 3.63) is 40.9 Å². The van der Waals surface area contributed by atoms with Gasteiger partial charge in [0.15, 0.2) is 5.13 Å². The van der Waals surface area contributed by atoms with Gasteiger partial charge in [-0.1, -0.05) is 12.1 Å². The summed E-state index contributed by atoms with van der Waals surface area (Å²) in [5, 5.41) is 7.97. The highest BCUT2D eigenvalue weighted by Gasteiger charge is 2.18. The number of rotatable bonds is 6. The highest BCUT2D eigenvalue weighted by Crippen LogP contribution is 2.22. The van der Waals surface area contributed by atoms with Gasteiger partial charge in [-0.05, 0) is 24.6 Å². The van der Waals surface area contributed by atoms with E-state index in [1.54, 1.807) is 19.2 Å². The highest BCUT2D eigenvalue weighted by atomic mass is 32.1. The molecule has 0 aliphatic carbocycles. The molecule has 0 aliphatic heterocycles. The fraction of sp³-hybridized carbons (Fsp3) is 0.312. The maximum absolute atomic E-state index is 12.2. The second-order valence-electron chi connectivity index (χ2n) is 5.07. The topological polar surface area (TPSA) is 80.3 Å². The van der Waals surface area contributed by atoms with Gasteiger partial charge in [0.1, 0.15) is 5.75 Å². The third kappa shape index (κ3) is 5.07. The zero-order valence-corrected chi connectivity index (χ0v) is 14.1. The van der Waals surface area contributed by atoms with Gasteiger partial charge in [-0.25, -0.2) is 4.98 Å². The number of thiazole rings is 1. The summed E-state index contributed by atoms with van der Waals surface area (Å²) in [5.74, 6) is 0.329. The van der Waals surface area contributed by atoms with Gasteiger partial charge in [-0.2, -0.15) is 0 Å². The minimum atomic E-state index is -0.403. The van der Waals surface area contributed by atoms with Gasteiger partial charge >= 0.3 is 0 Å². The van der Waals surface area contributed by atoms with Crippen LogP contribution in [0.5, 0.6) is 5.75 Å². The molecule has 0 bridgehead atoms. The molecule has 0 saturated heterocycles. The number of ether oxygens (including phenoxy) is 1. The fourth-order valence-electron chi connectivity index (χ4n) is 2.10. The summed E-state index contributed by atoms with van der Waals surface area (Å²) in [4.78, 5) is 27.8.